The minimum atomic E-state index is -0.863. The van der Waals surface area contributed by atoms with Crippen LogP contribution in [0.2, 0.25) is 0 Å². The Morgan fingerprint density at radius 2 is 2.16 bits per heavy atom. The van der Waals surface area contributed by atoms with Gasteiger partial charge in [0.05, 0.1) is 5.92 Å². The predicted octanol–water partition coefficient (Wildman–Crippen LogP) is 3.00. The van der Waals surface area contributed by atoms with Crippen LogP contribution in [0.1, 0.15) is 44.1 Å². The van der Waals surface area contributed by atoms with Gasteiger partial charge in [0.1, 0.15) is 0 Å². The number of nitrogens with one attached hydrogen (secondary N) is 1. The lowest BCUT2D eigenvalue weighted by atomic mass is 9.83. The molecule has 1 aliphatic carbocycles. The van der Waals surface area contributed by atoms with E-state index in [1.165, 1.54) is 6.42 Å². The number of carboxylic acids is 1. The maximum atomic E-state index is 11.8. The Morgan fingerprint density at radius 1 is 1.42 bits per heavy atom. The highest BCUT2D eigenvalue weighted by molar-refractivity contribution is 5.91. The van der Waals surface area contributed by atoms with Crippen LogP contribution in [0.4, 0.5) is 5.69 Å². The monoisotopic (exact) mass is 261 g/mol. The molecule has 1 aliphatic rings. The van der Waals surface area contributed by atoms with Crippen LogP contribution in [0.5, 0.6) is 0 Å². The first-order valence-electron chi connectivity index (χ1n) is 6.69. The highest BCUT2D eigenvalue weighted by atomic mass is 16.4. The fraction of sp³-hybridized carbons (Fsp3) is 0.467. The molecule has 1 atom stereocenters. The van der Waals surface area contributed by atoms with E-state index in [0.29, 0.717) is 23.6 Å². The fourth-order valence-electron chi connectivity index (χ4n) is 2.20. The second kappa shape index (κ2) is 5.87. The van der Waals surface area contributed by atoms with Gasteiger partial charge in [0.25, 0.3) is 0 Å². The second-order valence-corrected chi connectivity index (χ2v) is 5.23. The van der Waals surface area contributed by atoms with Gasteiger partial charge in [0, 0.05) is 12.1 Å². The summed E-state index contributed by atoms with van der Waals surface area (Å²) in [6.45, 7) is 1.64. The standard InChI is InChI=1S/C15H19NO3/c1-10(15(18)19)12-6-3-7-13(9-12)16-14(17)8-11-4-2-5-11/h3,6-7,9-11H,2,4-5,8H2,1H3,(H,16,17)(H,18,19). The van der Waals surface area contributed by atoms with E-state index in [1.54, 1.807) is 31.2 Å². The third-order valence-corrected chi connectivity index (χ3v) is 3.74. The minimum absolute atomic E-state index is 0.0184. The van der Waals surface area contributed by atoms with Gasteiger partial charge in [-0.05, 0) is 43.4 Å². The maximum Gasteiger partial charge on any atom is 0.310 e. The van der Waals surface area contributed by atoms with Crippen LogP contribution in [-0.4, -0.2) is 17.0 Å². The third kappa shape index (κ3) is 3.56. The molecule has 1 amide bonds. The Bertz CT molecular complexity index is 480. The molecule has 1 unspecified atom stereocenters. The molecule has 1 saturated carbocycles. The lowest BCUT2D eigenvalue weighted by Crippen LogP contribution is -2.21. The van der Waals surface area contributed by atoms with E-state index in [9.17, 15) is 9.59 Å². The first-order valence-corrected chi connectivity index (χ1v) is 6.69. The van der Waals surface area contributed by atoms with Crippen molar-refractivity contribution in [2.75, 3.05) is 5.32 Å². The number of aliphatic carboxylic acids is 1. The summed E-state index contributed by atoms with van der Waals surface area (Å²) in [6.07, 6.45) is 4.08. The molecular formula is C15H19NO3. The van der Waals surface area contributed by atoms with Crippen LogP contribution in [0.3, 0.4) is 0 Å². The number of rotatable bonds is 5. The predicted molar refractivity (Wildman–Crippen MR) is 73.1 cm³/mol. The summed E-state index contributed by atoms with van der Waals surface area (Å²) in [7, 11) is 0. The van der Waals surface area contributed by atoms with Gasteiger partial charge in [-0.1, -0.05) is 18.6 Å². The minimum Gasteiger partial charge on any atom is -0.481 e. The van der Waals surface area contributed by atoms with Crippen LogP contribution in [0.15, 0.2) is 24.3 Å². The van der Waals surface area contributed by atoms with Gasteiger partial charge in [-0.15, -0.1) is 0 Å². The zero-order chi connectivity index (χ0) is 13.8. The molecule has 0 heterocycles. The molecule has 0 bridgehead atoms. The number of benzene rings is 1. The number of anilines is 1. The molecule has 1 fully saturated rings. The van der Waals surface area contributed by atoms with Gasteiger partial charge < -0.3 is 10.4 Å². The summed E-state index contributed by atoms with van der Waals surface area (Å²) >= 11 is 0. The number of amides is 1. The topological polar surface area (TPSA) is 66.4 Å². The van der Waals surface area contributed by atoms with E-state index in [4.69, 9.17) is 5.11 Å². The van der Waals surface area contributed by atoms with Crippen molar-refractivity contribution in [2.45, 2.75) is 38.5 Å². The maximum absolute atomic E-state index is 11.8. The zero-order valence-corrected chi connectivity index (χ0v) is 11.1. The number of carbonyl (C=O) groups is 2. The van der Waals surface area contributed by atoms with Crippen molar-refractivity contribution in [1.29, 1.82) is 0 Å². The van der Waals surface area contributed by atoms with Crippen LogP contribution >= 0.6 is 0 Å². The molecule has 4 nitrogen and oxygen atoms in total. The average Bonchev–Trinajstić information content (AvgIpc) is 2.33. The molecule has 1 aromatic carbocycles. The van der Waals surface area contributed by atoms with Crippen molar-refractivity contribution in [1.82, 2.24) is 0 Å². The Kier molecular flexibility index (Phi) is 4.20. The highest BCUT2D eigenvalue weighted by Gasteiger charge is 2.21. The molecule has 2 N–H and O–H groups in total. The van der Waals surface area contributed by atoms with Gasteiger partial charge >= 0.3 is 5.97 Å². The van der Waals surface area contributed by atoms with Gasteiger partial charge in [-0.2, -0.15) is 0 Å². The highest BCUT2D eigenvalue weighted by Crippen LogP contribution is 2.29. The molecule has 4 heteroatoms. The van der Waals surface area contributed by atoms with Crippen LogP contribution in [0.25, 0.3) is 0 Å². The van der Waals surface area contributed by atoms with E-state index in [-0.39, 0.29) is 5.91 Å². The summed E-state index contributed by atoms with van der Waals surface area (Å²) in [5, 5.41) is 11.8. The second-order valence-electron chi connectivity index (χ2n) is 5.23. The summed E-state index contributed by atoms with van der Waals surface area (Å²) < 4.78 is 0. The third-order valence-electron chi connectivity index (χ3n) is 3.74. The molecule has 1 aromatic rings. The molecule has 0 aliphatic heterocycles. The lowest BCUT2D eigenvalue weighted by Gasteiger charge is -2.24. The van der Waals surface area contributed by atoms with E-state index in [1.807, 2.05) is 0 Å². The largest absolute Gasteiger partial charge is 0.481 e. The molecule has 0 saturated heterocycles. The molecule has 102 valence electrons. The Labute approximate surface area is 112 Å². The summed E-state index contributed by atoms with van der Waals surface area (Å²) in [6, 6.07) is 7.06. The van der Waals surface area contributed by atoms with E-state index >= 15 is 0 Å². The van der Waals surface area contributed by atoms with Crippen molar-refractivity contribution in [3.8, 4) is 0 Å². The SMILES string of the molecule is CC(C(=O)O)c1cccc(NC(=O)CC2CCC2)c1. The van der Waals surface area contributed by atoms with Gasteiger partial charge in [-0.25, -0.2) is 0 Å². The van der Waals surface area contributed by atoms with Crippen molar-refractivity contribution < 1.29 is 14.7 Å². The van der Waals surface area contributed by atoms with E-state index in [0.717, 1.165) is 12.8 Å². The number of hydrogen-bond acceptors (Lipinski definition) is 2. The molecule has 19 heavy (non-hydrogen) atoms. The first kappa shape index (κ1) is 13.6. The normalized spacial score (nSPS) is 16.5. The molecular weight excluding hydrogens is 242 g/mol. The summed E-state index contributed by atoms with van der Waals surface area (Å²) in [5.74, 6) is -0.882. The zero-order valence-electron chi connectivity index (χ0n) is 11.1. The fourth-order valence-corrected chi connectivity index (χ4v) is 2.20. The van der Waals surface area contributed by atoms with Crippen molar-refractivity contribution in [2.24, 2.45) is 5.92 Å². The Balaban J connectivity index is 1.97. The van der Waals surface area contributed by atoms with Crippen LogP contribution in [-0.2, 0) is 9.59 Å². The molecule has 2 rings (SSSR count). The van der Waals surface area contributed by atoms with Gasteiger partial charge in [-0.3, -0.25) is 9.59 Å². The van der Waals surface area contributed by atoms with Crippen molar-refractivity contribution in [3.63, 3.8) is 0 Å². The van der Waals surface area contributed by atoms with Crippen molar-refractivity contribution >= 4 is 17.6 Å². The molecule has 0 radical (unpaired) electrons. The Hall–Kier alpha value is -1.84. The molecule has 0 spiro atoms. The Morgan fingerprint density at radius 3 is 2.74 bits per heavy atom. The number of carbonyl (C=O) groups excluding carboxylic acids is 1. The van der Waals surface area contributed by atoms with Gasteiger partial charge in [0.2, 0.25) is 5.91 Å². The average molecular weight is 261 g/mol. The number of carboxylic acid groups (broad SMARTS) is 1. The summed E-state index contributed by atoms with van der Waals surface area (Å²) in [5.41, 5.74) is 1.38. The van der Waals surface area contributed by atoms with Crippen LogP contribution in [0, 0.1) is 5.92 Å². The summed E-state index contributed by atoms with van der Waals surface area (Å²) in [4.78, 5) is 22.7. The quantitative estimate of drug-likeness (QED) is 0.856. The lowest BCUT2D eigenvalue weighted by molar-refractivity contribution is -0.138. The van der Waals surface area contributed by atoms with E-state index < -0.39 is 11.9 Å². The number of hydrogen-bond donors (Lipinski definition) is 2. The van der Waals surface area contributed by atoms with E-state index in [2.05, 4.69) is 5.32 Å². The van der Waals surface area contributed by atoms with Crippen LogP contribution < -0.4 is 5.32 Å². The van der Waals surface area contributed by atoms with Gasteiger partial charge in [0.15, 0.2) is 0 Å². The van der Waals surface area contributed by atoms with Crippen molar-refractivity contribution in [3.05, 3.63) is 29.8 Å². The smallest absolute Gasteiger partial charge is 0.310 e. The first-order chi connectivity index (χ1) is 9.06. The molecule has 0 aromatic heterocycles.